The first-order chi connectivity index (χ1) is 35.1. The summed E-state index contributed by atoms with van der Waals surface area (Å²) >= 11 is 0. The highest BCUT2D eigenvalue weighted by atomic mass is 32.3. The molecule has 0 aromatic heterocycles. The molecule has 0 radical (unpaired) electrons. The van der Waals surface area contributed by atoms with Gasteiger partial charge in [0.2, 0.25) is 0 Å². The van der Waals surface area contributed by atoms with Crippen molar-refractivity contribution in [2.24, 2.45) is 0 Å². The summed E-state index contributed by atoms with van der Waals surface area (Å²) in [5.41, 5.74) is 0. The number of carbonyl (C=O) groups excluding carboxylic acids is 1. The first kappa shape index (κ1) is 67.3. The van der Waals surface area contributed by atoms with Crippen LogP contribution in [0, 0.1) is 0 Å². The summed E-state index contributed by atoms with van der Waals surface area (Å²) in [6.07, 6.45) is 57.7. The molecule has 0 saturated carbocycles. The van der Waals surface area contributed by atoms with Crippen molar-refractivity contribution in [2.45, 2.75) is 256 Å². The molecule has 0 aromatic rings. The molecule has 6 atom stereocenters. The van der Waals surface area contributed by atoms with Gasteiger partial charge in [-0.2, -0.15) is 8.42 Å². The molecular formula is C59H102O12S. The van der Waals surface area contributed by atoms with Gasteiger partial charge in [-0.25, -0.2) is 4.18 Å². The maximum absolute atomic E-state index is 12.9. The maximum atomic E-state index is 12.9. The molecule has 0 bridgehead atoms. The number of carbonyl (C=O) groups is 1. The molecule has 72 heavy (non-hydrogen) atoms. The summed E-state index contributed by atoms with van der Waals surface area (Å²) in [7, 11) is -5.08. The van der Waals surface area contributed by atoms with Crippen molar-refractivity contribution in [1.82, 2.24) is 0 Å². The molecule has 1 fully saturated rings. The normalized spacial score (nSPS) is 19.6. The Hall–Kier alpha value is -2.72. The van der Waals surface area contributed by atoms with Crippen LogP contribution in [0.1, 0.15) is 219 Å². The molecule has 6 unspecified atom stereocenters. The summed E-state index contributed by atoms with van der Waals surface area (Å²) < 4.78 is 59.3. The average Bonchev–Trinajstić information content (AvgIpc) is 3.36. The number of aliphatic hydroxyl groups excluding tert-OH is 3. The highest BCUT2D eigenvalue weighted by Gasteiger charge is 2.48. The fourth-order valence-corrected chi connectivity index (χ4v) is 8.82. The monoisotopic (exact) mass is 1030 g/mol. The van der Waals surface area contributed by atoms with Gasteiger partial charge >= 0.3 is 16.4 Å². The molecule has 0 aliphatic carbocycles. The van der Waals surface area contributed by atoms with Crippen LogP contribution in [-0.2, 0) is 38.3 Å². The Balaban J connectivity index is 2.36. The van der Waals surface area contributed by atoms with Gasteiger partial charge in [-0.1, -0.05) is 234 Å². The van der Waals surface area contributed by atoms with Gasteiger partial charge in [0.25, 0.3) is 0 Å². The zero-order chi connectivity index (χ0) is 52.4. The number of ether oxygens (including phenoxy) is 4. The quantitative estimate of drug-likeness (QED) is 0.0196. The van der Waals surface area contributed by atoms with E-state index in [1.165, 1.54) is 122 Å². The number of hydrogen-bond acceptors (Lipinski definition) is 11. The van der Waals surface area contributed by atoms with E-state index in [1.54, 1.807) is 0 Å². The molecule has 0 aromatic carbocycles. The van der Waals surface area contributed by atoms with E-state index in [1.807, 2.05) is 6.08 Å². The molecule has 4 N–H and O–H groups in total. The molecule has 1 aliphatic heterocycles. The van der Waals surface area contributed by atoms with Gasteiger partial charge in [-0.15, -0.1) is 0 Å². The summed E-state index contributed by atoms with van der Waals surface area (Å²) in [6.45, 7) is 3.83. The molecule has 1 rings (SSSR count). The van der Waals surface area contributed by atoms with E-state index in [0.29, 0.717) is 19.4 Å². The Labute approximate surface area is 438 Å². The number of aliphatic hydroxyl groups is 3. The van der Waals surface area contributed by atoms with Crippen LogP contribution in [0.15, 0.2) is 85.1 Å². The van der Waals surface area contributed by atoms with Crippen molar-refractivity contribution in [1.29, 1.82) is 0 Å². The topological polar surface area (TPSA) is 178 Å². The standard InChI is InChI=1S/C59H102O12S/c1-3-5-7-9-11-13-15-17-19-21-23-25-27-28-30-32-34-36-38-40-42-44-46-48-55(61)69-53(52-68-59-57(63)58(71-72(64,65)66)56(62)54(50-60)70-59)51-67-49-47-45-43-41-39-37-35-33-31-29-26-24-22-20-18-16-14-12-10-8-6-4-2/h5,7,11,13,17,19,23,25,28,30,34,36,40,42,53-54,56-60,62-63H,3-4,6,8-10,12,14-16,18,20-22,24,26-27,29,31-33,35,37-39,41,43-52H2,1-2H3,(H,64,65,66)/b7-5-,13-11-,19-17-,25-23-,30-28-,36-34-,42-40-. The van der Waals surface area contributed by atoms with Crippen LogP contribution in [-0.4, -0.2) is 97.5 Å². The number of rotatable bonds is 49. The number of unbranched alkanes of at least 4 members (excludes halogenated alkanes) is 22. The molecule has 416 valence electrons. The summed E-state index contributed by atoms with van der Waals surface area (Å²) in [4.78, 5) is 12.9. The smallest absolute Gasteiger partial charge is 0.397 e. The van der Waals surface area contributed by atoms with E-state index < -0.39 is 59.8 Å². The first-order valence-electron chi connectivity index (χ1n) is 28.3. The van der Waals surface area contributed by atoms with Crippen molar-refractivity contribution in [3.63, 3.8) is 0 Å². The number of allylic oxidation sites excluding steroid dienone is 14. The van der Waals surface area contributed by atoms with Gasteiger partial charge in [0.05, 0.1) is 19.8 Å². The largest absolute Gasteiger partial charge is 0.457 e. The van der Waals surface area contributed by atoms with Crippen molar-refractivity contribution < 1.29 is 56.2 Å². The summed E-state index contributed by atoms with van der Waals surface area (Å²) in [5.74, 6) is -0.455. The minimum atomic E-state index is -5.08. The first-order valence-corrected chi connectivity index (χ1v) is 29.7. The minimum Gasteiger partial charge on any atom is -0.457 e. The Bertz CT molecular complexity index is 1570. The highest BCUT2D eigenvalue weighted by Crippen LogP contribution is 2.26. The van der Waals surface area contributed by atoms with Gasteiger partial charge in [0, 0.05) is 13.0 Å². The Kier molecular flexibility index (Phi) is 46.0. The highest BCUT2D eigenvalue weighted by molar-refractivity contribution is 7.80. The summed E-state index contributed by atoms with van der Waals surface area (Å²) in [5, 5.41) is 30.8. The molecule has 1 saturated heterocycles. The van der Waals surface area contributed by atoms with E-state index in [-0.39, 0.29) is 19.6 Å². The van der Waals surface area contributed by atoms with E-state index in [2.05, 4.69) is 97.0 Å². The van der Waals surface area contributed by atoms with E-state index in [4.69, 9.17) is 18.9 Å². The fraction of sp³-hybridized carbons (Fsp3) is 0.746. The van der Waals surface area contributed by atoms with E-state index >= 15 is 0 Å². The van der Waals surface area contributed by atoms with E-state index in [0.717, 1.165) is 64.2 Å². The predicted molar refractivity (Wildman–Crippen MR) is 294 cm³/mol. The van der Waals surface area contributed by atoms with Gasteiger partial charge in [0.1, 0.15) is 30.5 Å². The van der Waals surface area contributed by atoms with Crippen molar-refractivity contribution in [3.8, 4) is 0 Å². The van der Waals surface area contributed by atoms with Crippen LogP contribution in [0.25, 0.3) is 0 Å². The molecule has 0 spiro atoms. The Morgan fingerprint density at radius 3 is 1.35 bits per heavy atom. The zero-order valence-corrected chi connectivity index (χ0v) is 45.8. The second kappa shape index (κ2) is 49.2. The lowest BCUT2D eigenvalue weighted by Gasteiger charge is -2.41. The van der Waals surface area contributed by atoms with Crippen LogP contribution < -0.4 is 0 Å². The van der Waals surface area contributed by atoms with Gasteiger partial charge in [0.15, 0.2) is 6.29 Å². The lowest BCUT2D eigenvalue weighted by molar-refractivity contribution is -0.301. The third kappa shape index (κ3) is 41.6. The molecule has 12 nitrogen and oxygen atoms in total. The second-order valence-corrected chi connectivity index (χ2v) is 20.2. The Morgan fingerprint density at radius 2 is 0.944 bits per heavy atom. The molecular weight excluding hydrogens is 933 g/mol. The van der Waals surface area contributed by atoms with Crippen molar-refractivity contribution >= 4 is 16.4 Å². The van der Waals surface area contributed by atoms with Gasteiger partial charge in [-0.3, -0.25) is 9.35 Å². The third-order valence-corrected chi connectivity index (χ3v) is 13.0. The lowest BCUT2D eigenvalue weighted by atomic mass is 9.99. The lowest BCUT2D eigenvalue weighted by Crippen LogP contribution is -2.60. The van der Waals surface area contributed by atoms with Crippen LogP contribution in [0.4, 0.5) is 0 Å². The maximum Gasteiger partial charge on any atom is 0.397 e. The third-order valence-electron chi connectivity index (χ3n) is 12.5. The van der Waals surface area contributed by atoms with Crippen molar-refractivity contribution in [2.75, 3.05) is 26.4 Å². The SMILES string of the molecule is CC/C=C\C/C=C\C/C=C\C/C=C\C/C=C\C/C=C\C/C=C\CCCC(=O)OC(COCCCCCCCCCCCCCCCCCCCCCCCC)COC1OC(CO)C(O)C(OS(=O)(=O)O)C1O. The zero-order valence-electron chi connectivity index (χ0n) is 45.0. The minimum absolute atomic E-state index is 0.0106. The van der Waals surface area contributed by atoms with Crippen LogP contribution >= 0.6 is 0 Å². The van der Waals surface area contributed by atoms with Gasteiger partial charge < -0.3 is 34.3 Å². The number of hydrogen-bond donors (Lipinski definition) is 4. The fourth-order valence-electron chi connectivity index (χ4n) is 8.31. The van der Waals surface area contributed by atoms with Crippen molar-refractivity contribution in [3.05, 3.63) is 85.1 Å². The number of esters is 1. The Morgan fingerprint density at radius 1 is 0.542 bits per heavy atom. The average molecular weight is 1040 g/mol. The molecule has 1 aliphatic rings. The van der Waals surface area contributed by atoms with E-state index in [9.17, 15) is 33.1 Å². The molecule has 1 heterocycles. The molecule has 13 heteroatoms. The summed E-state index contributed by atoms with van der Waals surface area (Å²) in [6, 6.07) is 0. The molecule has 0 amide bonds. The van der Waals surface area contributed by atoms with Crippen LogP contribution in [0.2, 0.25) is 0 Å². The van der Waals surface area contributed by atoms with Gasteiger partial charge in [-0.05, 0) is 64.2 Å². The predicted octanol–water partition coefficient (Wildman–Crippen LogP) is 14.0. The van der Waals surface area contributed by atoms with Crippen LogP contribution in [0.3, 0.4) is 0 Å². The second-order valence-electron chi connectivity index (χ2n) is 19.2. The van der Waals surface area contributed by atoms with Crippen LogP contribution in [0.5, 0.6) is 0 Å².